The standard InChI is InChI=1S/C14H16N2OS/c15-14-3-1-2-10-4-5-12(6-13(10)14)17-7-11-8-18-9-16-11/h4-6,8-9,14H,1-3,7,15H2/t14-/m1/s1. The number of ether oxygens (including phenoxy) is 1. The zero-order valence-corrected chi connectivity index (χ0v) is 11.0. The number of aromatic nitrogens is 1. The molecule has 0 aliphatic heterocycles. The van der Waals surface area contributed by atoms with Crippen molar-refractivity contribution in [3.05, 3.63) is 45.9 Å². The number of aryl methyl sites for hydroxylation is 1. The van der Waals surface area contributed by atoms with Crippen LogP contribution in [0.4, 0.5) is 0 Å². The molecule has 0 amide bonds. The van der Waals surface area contributed by atoms with Crippen molar-refractivity contribution in [2.24, 2.45) is 5.73 Å². The minimum atomic E-state index is 0.163. The lowest BCUT2D eigenvalue weighted by molar-refractivity contribution is 0.301. The second kappa shape index (κ2) is 5.08. The third-order valence-electron chi connectivity index (χ3n) is 3.35. The highest BCUT2D eigenvalue weighted by Crippen LogP contribution is 2.31. The summed E-state index contributed by atoms with van der Waals surface area (Å²) in [5.74, 6) is 0.888. The molecule has 1 aliphatic carbocycles. The van der Waals surface area contributed by atoms with Crippen LogP contribution in [0.3, 0.4) is 0 Å². The minimum Gasteiger partial charge on any atom is -0.487 e. The van der Waals surface area contributed by atoms with Crippen molar-refractivity contribution >= 4 is 11.3 Å². The fourth-order valence-electron chi connectivity index (χ4n) is 2.37. The van der Waals surface area contributed by atoms with Crippen molar-refractivity contribution < 1.29 is 4.74 Å². The van der Waals surface area contributed by atoms with Gasteiger partial charge in [0.1, 0.15) is 12.4 Å². The van der Waals surface area contributed by atoms with E-state index in [2.05, 4.69) is 17.1 Å². The molecule has 3 nitrogen and oxygen atoms in total. The third kappa shape index (κ3) is 2.40. The van der Waals surface area contributed by atoms with Crippen molar-refractivity contribution in [1.82, 2.24) is 4.98 Å². The Bertz CT molecular complexity index is 525. The number of nitrogens with two attached hydrogens (primary N) is 1. The molecule has 1 aromatic heterocycles. The Morgan fingerprint density at radius 2 is 2.39 bits per heavy atom. The van der Waals surface area contributed by atoms with E-state index in [0.717, 1.165) is 24.3 Å². The van der Waals surface area contributed by atoms with Crippen molar-refractivity contribution in [2.45, 2.75) is 31.9 Å². The first-order valence-corrected chi connectivity index (χ1v) is 7.15. The third-order valence-corrected chi connectivity index (χ3v) is 3.98. The van der Waals surface area contributed by atoms with Gasteiger partial charge in [-0.05, 0) is 42.5 Å². The maximum absolute atomic E-state index is 6.14. The summed E-state index contributed by atoms with van der Waals surface area (Å²) in [4.78, 5) is 4.20. The topological polar surface area (TPSA) is 48.1 Å². The van der Waals surface area contributed by atoms with E-state index in [0.29, 0.717) is 6.61 Å². The summed E-state index contributed by atoms with van der Waals surface area (Å²) in [6, 6.07) is 6.43. The fourth-order valence-corrected chi connectivity index (χ4v) is 2.91. The summed E-state index contributed by atoms with van der Waals surface area (Å²) >= 11 is 1.59. The quantitative estimate of drug-likeness (QED) is 0.922. The molecule has 0 saturated heterocycles. The molecule has 0 spiro atoms. The van der Waals surface area contributed by atoms with Crippen LogP contribution >= 0.6 is 11.3 Å². The molecule has 0 bridgehead atoms. The Balaban J connectivity index is 1.75. The highest BCUT2D eigenvalue weighted by atomic mass is 32.1. The van der Waals surface area contributed by atoms with Crippen LogP contribution in [0.25, 0.3) is 0 Å². The normalized spacial score (nSPS) is 18.4. The predicted molar refractivity (Wildman–Crippen MR) is 72.8 cm³/mol. The summed E-state index contributed by atoms with van der Waals surface area (Å²) in [6.07, 6.45) is 3.39. The van der Waals surface area contributed by atoms with E-state index in [-0.39, 0.29) is 6.04 Å². The number of hydrogen-bond donors (Lipinski definition) is 1. The smallest absolute Gasteiger partial charge is 0.131 e. The van der Waals surface area contributed by atoms with Crippen molar-refractivity contribution in [2.75, 3.05) is 0 Å². The van der Waals surface area contributed by atoms with Gasteiger partial charge in [-0.3, -0.25) is 0 Å². The Labute approximate surface area is 111 Å². The minimum absolute atomic E-state index is 0.163. The highest BCUT2D eigenvalue weighted by molar-refractivity contribution is 7.07. The second-order valence-corrected chi connectivity index (χ2v) is 5.35. The molecule has 2 N–H and O–H groups in total. The first kappa shape index (κ1) is 11.7. The fraction of sp³-hybridized carbons (Fsp3) is 0.357. The summed E-state index contributed by atoms with van der Waals surface area (Å²) in [5, 5.41) is 2.00. The van der Waals surface area contributed by atoms with E-state index >= 15 is 0 Å². The van der Waals surface area contributed by atoms with Gasteiger partial charge in [0.15, 0.2) is 0 Å². The van der Waals surface area contributed by atoms with Crippen LogP contribution in [0.1, 0.15) is 35.7 Å². The summed E-state index contributed by atoms with van der Waals surface area (Å²) < 4.78 is 5.75. The van der Waals surface area contributed by atoms with Crippen LogP contribution in [0.2, 0.25) is 0 Å². The Hall–Kier alpha value is -1.39. The monoisotopic (exact) mass is 260 g/mol. The average molecular weight is 260 g/mol. The van der Waals surface area contributed by atoms with Crippen molar-refractivity contribution in [3.8, 4) is 5.75 Å². The van der Waals surface area contributed by atoms with Crippen LogP contribution in [-0.4, -0.2) is 4.98 Å². The van der Waals surface area contributed by atoms with E-state index in [9.17, 15) is 0 Å². The molecule has 1 atom stereocenters. The van der Waals surface area contributed by atoms with Crippen molar-refractivity contribution in [1.29, 1.82) is 0 Å². The zero-order chi connectivity index (χ0) is 12.4. The largest absolute Gasteiger partial charge is 0.487 e. The maximum atomic E-state index is 6.14. The van der Waals surface area contributed by atoms with Gasteiger partial charge in [-0.25, -0.2) is 4.98 Å². The first-order chi connectivity index (χ1) is 8.83. The lowest BCUT2D eigenvalue weighted by atomic mass is 9.88. The van der Waals surface area contributed by atoms with E-state index < -0.39 is 0 Å². The van der Waals surface area contributed by atoms with Gasteiger partial charge in [-0.15, -0.1) is 11.3 Å². The van der Waals surface area contributed by atoms with Crippen LogP contribution < -0.4 is 10.5 Å². The number of benzene rings is 1. The molecule has 18 heavy (non-hydrogen) atoms. The molecule has 3 rings (SSSR count). The SMILES string of the molecule is N[C@@H]1CCCc2ccc(OCc3cscn3)cc21. The molecule has 0 saturated carbocycles. The zero-order valence-electron chi connectivity index (χ0n) is 10.1. The molecule has 4 heteroatoms. The van der Waals surface area contributed by atoms with Gasteiger partial charge in [-0.2, -0.15) is 0 Å². The highest BCUT2D eigenvalue weighted by Gasteiger charge is 2.17. The molecule has 1 aromatic carbocycles. The van der Waals surface area contributed by atoms with Gasteiger partial charge in [0.25, 0.3) is 0 Å². The molecular weight excluding hydrogens is 244 g/mol. The summed E-state index contributed by atoms with van der Waals surface area (Å²) in [7, 11) is 0. The Morgan fingerprint density at radius 1 is 1.44 bits per heavy atom. The summed E-state index contributed by atoms with van der Waals surface area (Å²) in [5.41, 5.74) is 11.6. The van der Waals surface area contributed by atoms with Crippen LogP contribution in [-0.2, 0) is 13.0 Å². The maximum Gasteiger partial charge on any atom is 0.131 e. The van der Waals surface area contributed by atoms with E-state index in [4.69, 9.17) is 10.5 Å². The Morgan fingerprint density at radius 3 is 3.22 bits per heavy atom. The first-order valence-electron chi connectivity index (χ1n) is 6.21. The average Bonchev–Trinajstić information content (AvgIpc) is 2.90. The molecule has 94 valence electrons. The Kier molecular flexibility index (Phi) is 3.30. The van der Waals surface area contributed by atoms with E-state index in [1.54, 1.807) is 11.3 Å². The van der Waals surface area contributed by atoms with Crippen LogP contribution in [0, 0.1) is 0 Å². The molecule has 1 heterocycles. The number of fused-ring (bicyclic) bond motifs is 1. The number of hydrogen-bond acceptors (Lipinski definition) is 4. The molecular formula is C14H16N2OS. The number of rotatable bonds is 3. The van der Waals surface area contributed by atoms with Gasteiger partial charge in [0.2, 0.25) is 0 Å². The number of nitrogens with zero attached hydrogens (tertiary/aromatic N) is 1. The van der Waals surface area contributed by atoms with Crippen molar-refractivity contribution in [3.63, 3.8) is 0 Å². The summed E-state index contributed by atoms with van der Waals surface area (Å²) in [6.45, 7) is 0.525. The van der Waals surface area contributed by atoms with Gasteiger partial charge in [-0.1, -0.05) is 6.07 Å². The lowest BCUT2D eigenvalue weighted by Gasteiger charge is -2.22. The number of thiazole rings is 1. The predicted octanol–water partition coefficient (Wildman–Crippen LogP) is 3.06. The molecule has 0 radical (unpaired) electrons. The van der Waals surface area contributed by atoms with Gasteiger partial charge < -0.3 is 10.5 Å². The van der Waals surface area contributed by atoms with Gasteiger partial charge in [0.05, 0.1) is 11.2 Å². The van der Waals surface area contributed by atoms with E-state index in [1.807, 2.05) is 17.0 Å². The lowest BCUT2D eigenvalue weighted by Crippen LogP contribution is -2.17. The van der Waals surface area contributed by atoms with Gasteiger partial charge >= 0.3 is 0 Å². The van der Waals surface area contributed by atoms with Gasteiger partial charge in [0, 0.05) is 11.4 Å². The second-order valence-electron chi connectivity index (χ2n) is 4.63. The molecule has 0 fully saturated rings. The molecule has 1 aliphatic rings. The van der Waals surface area contributed by atoms with Crippen LogP contribution in [0.5, 0.6) is 5.75 Å². The molecule has 0 unspecified atom stereocenters. The van der Waals surface area contributed by atoms with Crippen LogP contribution in [0.15, 0.2) is 29.1 Å². The molecule has 2 aromatic rings. The van der Waals surface area contributed by atoms with E-state index in [1.165, 1.54) is 17.5 Å².